The van der Waals surface area contributed by atoms with Gasteiger partial charge in [-0.15, -0.1) is 0 Å². The Labute approximate surface area is 134 Å². The normalized spacial score (nSPS) is 26.3. The fraction of sp³-hybridized carbons (Fsp3) is 0.588. The molecule has 2 aliphatic rings. The second-order valence-corrected chi connectivity index (χ2v) is 6.35. The van der Waals surface area contributed by atoms with Gasteiger partial charge in [0.05, 0.1) is 6.10 Å². The number of hydrogen-bond donors (Lipinski definition) is 1. The molecular weight excluding hydrogens is 299 g/mol. The molecule has 2 fully saturated rings. The van der Waals surface area contributed by atoms with E-state index < -0.39 is 0 Å². The van der Waals surface area contributed by atoms with Gasteiger partial charge in [-0.25, -0.2) is 4.39 Å². The zero-order chi connectivity index (χ0) is 15.9. The van der Waals surface area contributed by atoms with E-state index in [9.17, 15) is 4.39 Å². The lowest BCUT2D eigenvalue weighted by atomic mass is 9.57. The Bertz CT molecular complexity index is 696. The van der Waals surface area contributed by atoms with E-state index in [0.717, 1.165) is 39.1 Å². The molecule has 2 heterocycles. The topological polar surface area (TPSA) is 56.5 Å². The number of hydrogen-bond acceptors (Lipinski definition) is 5. The zero-order valence-electron chi connectivity index (χ0n) is 13.2. The minimum Gasteiger partial charge on any atom is -0.424 e. The van der Waals surface area contributed by atoms with Gasteiger partial charge >= 0.3 is 0 Å². The molecule has 4 rings (SSSR count). The van der Waals surface area contributed by atoms with E-state index >= 15 is 0 Å². The van der Waals surface area contributed by atoms with Crippen LogP contribution in [0.3, 0.4) is 0 Å². The molecule has 6 heteroatoms. The van der Waals surface area contributed by atoms with Gasteiger partial charge in [-0.3, -0.25) is 0 Å². The highest BCUT2D eigenvalue weighted by Crippen LogP contribution is 2.51. The van der Waals surface area contributed by atoms with Crippen LogP contribution in [0.4, 0.5) is 10.4 Å². The molecular formula is C17H21FN2O3. The Morgan fingerprint density at radius 1 is 1.39 bits per heavy atom. The number of oxazole rings is 1. The summed E-state index contributed by atoms with van der Waals surface area (Å²) in [6, 6.07) is 5.08. The van der Waals surface area contributed by atoms with E-state index in [-0.39, 0.29) is 23.4 Å². The first-order valence-corrected chi connectivity index (χ1v) is 8.23. The van der Waals surface area contributed by atoms with Gasteiger partial charge in [0.2, 0.25) is 0 Å². The van der Waals surface area contributed by atoms with Gasteiger partial charge in [0, 0.05) is 37.3 Å². The summed E-state index contributed by atoms with van der Waals surface area (Å²) in [5.41, 5.74) is 1.21. The molecule has 1 spiro atoms. The highest BCUT2D eigenvalue weighted by Gasteiger charge is 2.56. The van der Waals surface area contributed by atoms with Gasteiger partial charge in [-0.05, 0) is 38.3 Å². The van der Waals surface area contributed by atoms with Gasteiger partial charge in [0.25, 0.3) is 6.01 Å². The van der Waals surface area contributed by atoms with E-state index in [2.05, 4.69) is 10.3 Å². The molecule has 1 aliphatic heterocycles. The number of fused-ring (bicyclic) bond motifs is 1. The summed E-state index contributed by atoms with van der Waals surface area (Å²) >= 11 is 0. The maximum absolute atomic E-state index is 13.3. The smallest absolute Gasteiger partial charge is 0.295 e. The Kier molecular flexibility index (Phi) is 3.73. The zero-order valence-corrected chi connectivity index (χ0v) is 13.2. The van der Waals surface area contributed by atoms with Crippen LogP contribution in [0.15, 0.2) is 22.6 Å². The number of anilines is 1. The van der Waals surface area contributed by atoms with Crippen molar-refractivity contribution in [3.05, 3.63) is 24.0 Å². The highest BCUT2D eigenvalue weighted by molar-refractivity contribution is 5.74. The summed E-state index contributed by atoms with van der Waals surface area (Å²) in [5.74, 6) is -0.307. The SMILES string of the molecule is CCO[C@@H]1C[C@@H](Nc2nc3cc(F)ccc3o2)C12CCOCC2. The van der Waals surface area contributed by atoms with E-state index in [1.54, 1.807) is 6.07 Å². The molecule has 124 valence electrons. The molecule has 0 unspecified atom stereocenters. The third kappa shape index (κ3) is 2.50. The predicted molar refractivity (Wildman–Crippen MR) is 83.9 cm³/mol. The van der Waals surface area contributed by atoms with Crippen LogP contribution in [0, 0.1) is 11.2 Å². The average molecular weight is 320 g/mol. The van der Waals surface area contributed by atoms with Crippen LogP contribution in [0.25, 0.3) is 11.1 Å². The largest absolute Gasteiger partial charge is 0.424 e. The monoisotopic (exact) mass is 320 g/mol. The molecule has 0 amide bonds. The fourth-order valence-electron chi connectivity index (χ4n) is 3.92. The van der Waals surface area contributed by atoms with Crippen LogP contribution in [-0.4, -0.2) is 37.0 Å². The Morgan fingerprint density at radius 3 is 3.00 bits per heavy atom. The van der Waals surface area contributed by atoms with Crippen LogP contribution >= 0.6 is 0 Å². The summed E-state index contributed by atoms with van der Waals surface area (Å²) in [6.45, 7) is 4.28. The maximum atomic E-state index is 13.3. The number of aromatic nitrogens is 1. The number of nitrogens with one attached hydrogen (secondary N) is 1. The summed E-state index contributed by atoms with van der Waals surface area (Å²) in [6.07, 6.45) is 3.14. The summed E-state index contributed by atoms with van der Waals surface area (Å²) < 4.78 is 30.4. The van der Waals surface area contributed by atoms with Crippen LogP contribution in [0.2, 0.25) is 0 Å². The van der Waals surface area contributed by atoms with Crippen molar-refractivity contribution in [3.63, 3.8) is 0 Å². The third-order valence-corrected chi connectivity index (χ3v) is 5.22. The molecule has 1 saturated carbocycles. The van der Waals surface area contributed by atoms with Gasteiger partial charge in [0.15, 0.2) is 5.58 Å². The molecule has 0 bridgehead atoms. The highest BCUT2D eigenvalue weighted by atomic mass is 19.1. The van der Waals surface area contributed by atoms with Gasteiger partial charge < -0.3 is 19.2 Å². The summed E-state index contributed by atoms with van der Waals surface area (Å²) in [5, 5.41) is 3.40. The molecule has 0 radical (unpaired) electrons. The lowest BCUT2D eigenvalue weighted by Gasteiger charge is -2.57. The molecule has 1 aromatic heterocycles. The van der Waals surface area contributed by atoms with Crippen molar-refractivity contribution < 1.29 is 18.3 Å². The molecule has 1 aliphatic carbocycles. The Balaban J connectivity index is 1.54. The van der Waals surface area contributed by atoms with Crippen molar-refractivity contribution in [2.75, 3.05) is 25.1 Å². The molecule has 1 saturated heterocycles. The van der Waals surface area contributed by atoms with Crippen molar-refractivity contribution in [3.8, 4) is 0 Å². The van der Waals surface area contributed by atoms with Crippen molar-refractivity contribution in [2.24, 2.45) is 5.41 Å². The number of halogens is 1. The number of nitrogens with zero attached hydrogens (tertiary/aromatic N) is 1. The molecule has 1 aromatic carbocycles. The molecule has 2 atom stereocenters. The standard InChI is InChI=1S/C17H21FN2O3/c1-2-22-15-10-14(17(15)5-7-21-8-6-17)20-16-19-12-9-11(18)3-4-13(12)23-16/h3-4,9,14-15H,2,5-8,10H2,1H3,(H,19,20)/t14-,15-/m1/s1. The lowest BCUT2D eigenvalue weighted by Crippen LogP contribution is -2.63. The lowest BCUT2D eigenvalue weighted by molar-refractivity contribution is -0.159. The quantitative estimate of drug-likeness (QED) is 0.936. The van der Waals surface area contributed by atoms with E-state index in [1.807, 2.05) is 6.92 Å². The van der Waals surface area contributed by atoms with Crippen LogP contribution in [-0.2, 0) is 9.47 Å². The van der Waals surface area contributed by atoms with Crippen molar-refractivity contribution >= 4 is 17.1 Å². The van der Waals surface area contributed by atoms with E-state index in [1.165, 1.54) is 12.1 Å². The summed E-state index contributed by atoms with van der Waals surface area (Å²) in [4.78, 5) is 4.35. The minimum absolute atomic E-state index is 0.0835. The molecule has 5 nitrogen and oxygen atoms in total. The van der Waals surface area contributed by atoms with Crippen molar-refractivity contribution in [1.29, 1.82) is 0 Å². The van der Waals surface area contributed by atoms with Gasteiger partial charge in [-0.2, -0.15) is 4.98 Å². The maximum Gasteiger partial charge on any atom is 0.295 e. The third-order valence-electron chi connectivity index (χ3n) is 5.22. The number of rotatable bonds is 4. The number of ether oxygens (including phenoxy) is 2. The van der Waals surface area contributed by atoms with Crippen LogP contribution < -0.4 is 5.32 Å². The van der Waals surface area contributed by atoms with Gasteiger partial charge in [-0.1, -0.05) is 0 Å². The Hall–Kier alpha value is -1.66. The van der Waals surface area contributed by atoms with Crippen LogP contribution in [0.1, 0.15) is 26.2 Å². The predicted octanol–water partition coefficient (Wildman–Crippen LogP) is 3.35. The summed E-state index contributed by atoms with van der Waals surface area (Å²) in [7, 11) is 0. The van der Waals surface area contributed by atoms with Gasteiger partial charge in [0.1, 0.15) is 11.3 Å². The van der Waals surface area contributed by atoms with E-state index in [4.69, 9.17) is 13.9 Å². The molecule has 23 heavy (non-hydrogen) atoms. The second-order valence-electron chi connectivity index (χ2n) is 6.35. The average Bonchev–Trinajstić information content (AvgIpc) is 2.96. The van der Waals surface area contributed by atoms with Crippen molar-refractivity contribution in [2.45, 2.75) is 38.3 Å². The van der Waals surface area contributed by atoms with Crippen LogP contribution in [0.5, 0.6) is 0 Å². The second kappa shape index (κ2) is 5.76. The van der Waals surface area contributed by atoms with Crippen molar-refractivity contribution in [1.82, 2.24) is 4.98 Å². The van der Waals surface area contributed by atoms with E-state index in [0.29, 0.717) is 17.1 Å². The Morgan fingerprint density at radius 2 is 2.22 bits per heavy atom. The first-order valence-electron chi connectivity index (χ1n) is 8.23. The molecule has 1 N–H and O–H groups in total. The number of benzene rings is 1. The fourth-order valence-corrected chi connectivity index (χ4v) is 3.92. The first-order chi connectivity index (χ1) is 11.2. The first kappa shape index (κ1) is 14.9. The minimum atomic E-state index is -0.307. The molecule has 2 aromatic rings.